The number of likely N-dealkylation sites (tertiary alicyclic amines) is 2. The van der Waals surface area contributed by atoms with Crippen LogP contribution in [0.15, 0.2) is 24.3 Å². The highest BCUT2D eigenvalue weighted by molar-refractivity contribution is 5.88. The molecule has 0 radical (unpaired) electrons. The van der Waals surface area contributed by atoms with Gasteiger partial charge in [0.2, 0.25) is 0 Å². The van der Waals surface area contributed by atoms with Crippen LogP contribution in [0.4, 0.5) is 17.6 Å². The number of piperidine rings is 1. The molecule has 1 spiro atoms. The van der Waals surface area contributed by atoms with E-state index in [1.54, 1.807) is 17.0 Å². The zero-order chi connectivity index (χ0) is 23.3. The van der Waals surface area contributed by atoms with Gasteiger partial charge in [0.1, 0.15) is 5.75 Å². The van der Waals surface area contributed by atoms with Crippen molar-refractivity contribution in [3.8, 4) is 5.75 Å². The first-order valence-corrected chi connectivity index (χ1v) is 12.2. The molecular weight excluding hydrogens is 436 g/mol. The number of carbonyl (C=O) groups excluding carboxylic acids is 1. The van der Waals surface area contributed by atoms with Crippen molar-refractivity contribution >= 4 is 5.91 Å². The molecule has 1 aromatic rings. The molecule has 33 heavy (non-hydrogen) atoms. The summed E-state index contributed by atoms with van der Waals surface area (Å²) in [6, 6.07) is 7.98. The predicted octanol–water partition coefficient (Wildman–Crippen LogP) is 5.08. The van der Waals surface area contributed by atoms with E-state index in [0.29, 0.717) is 37.7 Å². The van der Waals surface area contributed by atoms with E-state index in [0.717, 1.165) is 50.8 Å². The molecule has 2 saturated carbocycles. The van der Waals surface area contributed by atoms with Crippen LogP contribution in [0.5, 0.6) is 5.75 Å². The summed E-state index contributed by atoms with van der Waals surface area (Å²) in [6.07, 6.45) is 0.787. The normalized spacial score (nSPS) is 26.9. The Morgan fingerprint density at radius 3 is 2.42 bits per heavy atom. The Labute approximate surface area is 192 Å². The summed E-state index contributed by atoms with van der Waals surface area (Å²) < 4.78 is 57.0. The zero-order valence-corrected chi connectivity index (χ0v) is 18.9. The predicted molar refractivity (Wildman–Crippen MR) is 116 cm³/mol. The van der Waals surface area contributed by atoms with Gasteiger partial charge in [-0.15, -0.1) is 0 Å². The Bertz CT molecular complexity index is 871. The Hall–Kier alpha value is -1.83. The van der Waals surface area contributed by atoms with Gasteiger partial charge in [0.05, 0.1) is 13.0 Å². The van der Waals surface area contributed by atoms with Crippen LogP contribution in [0.2, 0.25) is 0 Å². The van der Waals surface area contributed by atoms with E-state index in [1.807, 2.05) is 12.1 Å². The van der Waals surface area contributed by atoms with Gasteiger partial charge in [0.15, 0.2) is 5.67 Å². The molecule has 0 N–H and O–H groups in total. The molecule has 1 unspecified atom stereocenters. The fraction of sp³-hybridized carbons (Fsp3) is 0.720. The molecule has 2 aliphatic carbocycles. The molecule has 4 fully saturated rings. The fourth-order valence-electron chi connectivity index (χ4n) is 6.09. The molecule has 2 saturated heterocycles. The van der Waals surface area contributed by atoms with Crippen molar-refractivity contribution in [2.24, 2.45) is 5.41 Å². The minimum atomic E-state index is -4.21. The maximum Gasteiger partial charge on any atom is 0.392 e. The van der Waals surface area contributed by atoms with Crippen molar-refractivity contribution in [1.82, 2.24) is 9.80 Å². The number of rotatable bonds is 6. The van der Waals surface area contributed by atoms with Gasteiger partial charge in [-0.1, -0.05) is 18.2 Å². The van der Waals surface area contributed by atoms with Crippen LogP contribution in [0.1, 0.15) is 62.8 Å². The summed E-state index contributed by atoms with van der Waals surface area (Å²) in [5, 5.41) is 0. The third-order valence-corrected chi connectivity index (χ3v) is 8.14. The third-order valence-electron chi connectivity index (χ3n) is 8.14. The zero-order valence-electron chi connectivity index (χ0n) is 18.9. The number of hydrogen-bond donors (Lipinski definition) is 0. The van der Waals surface area contributed by atoms with Crippen molar-refractivity contribution in [3.63, 3.8) is 0 Å². The Morgan fingerprint density at radius 2 is 1.76 bits per heavy atom. The summed E-state index contributed by atoms with van der Waals surface area (Å²) in [6.45, 7) is 2.96. The smallest absolute Gasteiger partial charge is 0.392 e. The molecule has 4 nitrogen and oxygen atoms in total. The number of halogens is 4. The Kier molecular flexibility index (Phi) is 5.86. The van der Waals surface area contributed by atoms with Crippen molar-refractivity contribution < 1.29 is 27.1 Å². The maximum atomic E-state index is 14.1. The fourth-order valence-corrected chi connectivity index (χ4v) is 6.09. The summed E-state index contributed by atoms with van der Waals surface area (Å²) >= 11 is 0. The topological polar surface area (TPSA) is 32.8 Å². The van der Waals surface area contributed by atoms with Crippen LogP contribution < -0.4 is 4.74 Å². The van der Waals surface area contributed by atoms with Crippen molar-refractivity contribution in [1.29, 1.82) is 0 Å². The number of hydrogen-bond acceptors (Lipinski definition) is 3. The van der Waals surface area contributed by atoms with Crippen LogP contribution in [-0.4, -0.2) is 66.4 Å². The first kappa shape index (κ1) is 22.9. The van der Waals surface area contributed by atoms with Crippen molar-refractivity contribution in [3.05, 3.63) is 29.8 Å². The van der Waals surface area contributed by atoms with Gasteiger partial charge in [-0.3, -0.25) is 4.79 Å². The van der Waals surface area contributed by atoms with Crippen LogP contribution in [-0.2, 0) is 4.79 Å². The van der Waals surface area contributed by atoms with Gasteiger partial charge in [-0.2, -0.15) is 13.2 Å². The molecule has 0 aromatic heterocycles. The van der Waals surface area contributed by atoms with E-state index in [1.165, 1.54) is 0 Å². The SMILES string of the molecule is O=C(N1CC2(CCC(N3CCC(c4ccccc4OCCC(F)(F)F)CC3)C2)C1)C1(F)CC1. The van der Waals surface area contributed by atoms with Gasteiger partial charge in [-0.05, 0) is 75.6 Å². The third kappa shape index (κ3) is 4.86. The van der Waals surface area contributed by atoms with E-state index >= 15 is 0 Å². The molecule has 8 heteroatoms. The highest BCUT2D eigenvalue weighted by atomic mass is 19.4. The standard InChI is InChI=1S/C25H32F4N2O2/c26-24(9-10-24)22(32)31-16-23(17-31)8-5-19(15-23)30-12-6-18(7-13-30)20-3-1-2-4-21(20)33-14-11-25(27,28)29/h1-4,18-19H,5-17H2. The van der Waals surface area contributed by atoms with Gasteiger partial charge < -0.3 is 14.5 Å². The molecule has 5 rings (SSSR count). The number of carbonyl (C=O) groups is 1. The van der Waals surface area contributed by atoms with E-state index in [-0.39, 0.29) is 23.8 Å². The molecule has 182 valence electrons. The molecule has 2 heterocycles. The van der Waals surface area contributed by atoms with Crippen LogP contribution in [0, 0.1) is 5.41 Å². The molecule has 0 bridgehead atoms. The Morgan fingerprint density at radius 1 is 1.06 bits per heavy atom. The van der Waals surface area contributed by atoms with Gasteiger partial charge in [-0.25, -0.2) is 4.39 Å². The summed E-state index contributed by atoms with van der Waals surface area (Å²) in [5.74, 6) is 0.559. The number of nitrogens with zero attached hydrogens (tertiary/aromatic N) is 2. The lowest BCUT2D eigenvalue weighted by atomic mass is 9.77. The second-order valence-electron chi connectivity index (χ2n) is 10.6. The summed E-state index contributed by atoms with van der Waals surface area (Å²) in [4.78, 5) is 16.5. The number of alkyl halides is 4. The number of amides is 1. The summed E-state index contributed by atoms with van der Waals surface area (Å²) in [5.41, 5.74) is -0.383. The van der Waals surface area contributed by atoms with Gasteiger partial charge in [0.25, 0.3) is 5.91 Å². The average Bonchev–Trinajstić information content (AvgIpc) is 3.35. The van der Waals surface area contributed by atoms with E-state index in [9.17, 15) is 22.4 Å². The van der Waals surface area contributed by atoms with E-state index in [2.05, 4.69) is 4.90 Å². The number of ether oxygens (including phenoxy) is 1. The molecule has 4 aliphatic rings. The molecule has 2 aliphatic heterocycles. The lowest BCUT2D eigenvalue weighted by molar-refractivity contribution is -0.150. The summed E-state index contributed by atoms with van der Waals surface area (Å²) in [7, 11) is 0. The van der Waals surface area contributed by atoms with Crippen molar-refractivity contribution in [2.45, 2.75) is 75.2 Å². The van der Waals surface area contributed by atoms with Gasteiger partial charge in [0, 0.05) is 24.5 Å². The maximum absolute atomic E-state index is 14.1. The Balaban J connectivity index is 1.11. The number of benzene rings is 1. The van der Waals surface area contributed by atoms with Gasteiger partial charge >= 0.3 is 6.18 Å². The second kappa shape index (κ2) is 8.43. The molecule has 1 atom stereocenters. The number of para-hydroxylation sites is 1. The van der Waals surface area contributed by atoms with Crippen LogP contribution >= 0.6 is 0 Å². The molecular formula is C25H32F4N2O2. The van der Waals surface area contributed by atoms with Crippen molar-refractivity contribution in [2.75, 3.05) is 32.8 Å². The monoisotopic (exact) mass is 468 g/mol. The lowest BCUT2D eigenvalue weighted by Gasteiger charge is -2.49. The van der Waals surface area contributed by atoms with Crippen LogP contribution in [0.3, 0.4) is 0 Å². The quantitative estimate of drug-likeness (QED) is 0.546. The lowest BCUT2D eigenvalue weighted by Crippen LogP contribution is -2.60. The first-order chi connectivity index (χ1) is 15.7. The largest absolute Gasteiger partial charge is 0.493 e. The minimum absolute atomic E-state index is 0.168. The highest BCUT2D eigenvalue weighted by Gasteiger charge is 2.58. The van der Waals surface area contributed by atoms with Crippen LogP contribution in [0.25, 0.3) is 0 Å². The first-order valence-electron chi connectivity index (χ1n) is 12.2. The molecule has 1 aromatic carbocycles. The highest BCUT2D eigenvalue weighted by Crippen LogP contribution is 2.51. The van der Waals surface area contributed by atoms with E-state index < -0.39 is 18.3 Å². The minimum Gasteiger partial charge on any atom is -0.493 e. The second-order valence-corrected chi connectivity index (χ2v) is 10.6. The molecule has 1 amide bonds. The van der Waals surface area contributed by atoms with E-state index in [4.69, 9.17) is 4.74 Å². The average molecular weight is 469 g/mol.